The molecule has 1 N–H and O–H groups in total. The Balaban J connectivity index is 1.47. The number of carbonyl (C=O) groups is 1. The van der Waals surface area contributed by atoms with Crippen LogP contribution in [-0.2, 0) is 22.9 Å². The van der Waals surface area contributed by atoms with Gasteiger partial charge >= 0.3 is 0 Å². The van der Waals surface area contributed by atoms with E-state index in [-0.39, 0.29) is 10.8 Å². The Kier molecular flexibility index (Phi) is 5.02. The van der Waals surface area contributed by atoms with Gasteiger partial charge in [0.15, 0.2) is 0 Å². The number of nitrogens with one attached hydrogen (secondary N) is 1. The molecule has 0 radical (unpaired) electrons. The molecule has 27 heavy (non-hydrogen) atoms. The first-order valence-electron chi connectivity index (χ1n) is 9.57. The quantitative estimate of drug-likeness (QED) is 0.876. The van der Waals surface area contributed by atoms with Crippen LogP contribution in [0.2, 0.25) is 0 Å². The van der Waals surface area contributed by atoms with Crippen LogP contribution in [0.15, 0.2) is 47.4 Å². The molecule has 2 aromatic carbocycles. The maximum absolute atomic E-state index is 12.6. The first-order valence-corrected chi connectivity index (χ1v) is 11.0. The molecule has 1 heterocycles. The monoisotopic (exact) mass is 384 g/mol. The van der Waals surface area contributed by atoms with Crippen molar-refractivity contribution < 1.29 is 13.2 Å². The van der Waals surface area contributed by atoms with E-state index in [1.165, 1.54) is 28.3 Å². The molecule has 1 fully saturated rings. The number of rotatable bonds is 4. The molecule has 1 aliphatic heterocycles. The maximum atomic E-state index is 12.6. The largest absolute Gasteiger partial charge is 0.322 e. The van der Waals surface area contributed by atoms with Gasteiger partial charge in [-0.1, -0.05) is 6.07 Å². The van der Waals surface area contributed by atoms with Crippen LogP contribution in [-0.4, -0.2) is 31.7 Å². The van der Waals surface area contributed by atoms with Crippen LogP contribution in [0.5, 0.6) is 0 Å². The van der Waals surface area contributed by atoms with Crippen LogP contribution < -0.4 is 5.32 Å². The third kappa shape index (κ3) is 3.77. The van der Waals surface area contributed by atoms with E-state index < -0.39 is 10.0 Å². The summed E-state index contributed by atoms with van der Waals surface area (Å²) >= 11 is 0. The SMILES string of the molecule is O=C(Nc1ccc(S(=O)(=O)N2CCCC2)cc1)c1ccc2c(c1)CCCC2. The zero-order valence-corrected chi connectivity index (χ0v) is 16.1. The van der Waals surface area contributed by atoms with E-state index in [9.17, 15) is 13.2 Å². The van der Waals surface area contributed by atoms with Gasteiger partial charge in [-0.05, 0) is 86.1 Å². The molecule has 0 atom stereocenters. The highest BCUT2D eigenvalue weighted by atomic mass is 32.2. The van der Waals surface area contributed by atoms with E-state index in [0.717, 1.165) is 25.7 Å². The lowest BCUT2D eigenvalue weighted by atomic mass is 9.90. The van der Waals surface area contributed by atoms with Gasteiger partial charge in [0.2, 0.25) is 10.0 Å². The number of fused-ring (bicyclic) bond motifs is 1. The van der Waals surface area contributed by atoms with Gasteiger partial charge in [0.05, 0.1) is 4.90 Å². The standard InChI is InChI=1S/C21H24N2O3S/c24-21(18-8-7-16-5-1-2-6-17(16)15-18)22-19-9-11-20(12-10-19)27(25,26)23-13-3-4-14-23/h7-12,15H,1-6,13-14H2,(H,22,24). The van der Waals surface area contributed by atoms with Crippen molar-refractivity contribution in [3.8, 4) is 0 Å². The van der Waals surface area contributed by atoms with E-state index in [0.29, 0.717) is 24.3 Å². The molecule has 0 spiro atoms. The Labute approximate surface area is 160 Å². The van der Waals surface area contributed by atoms with Crippen LogP contribution >= 0.6 is 0 Å². The fourth-order valence-corrected chi connectivity index (χ4v) is 5.38. The van der Waals surface area contributed by atoms with Gasteiger partial charge in [-0.3, -0.25) is 4.79 Å². The van der Waals surface area contributed by atoms with Crippen molar-refractivity contribution in [2.45, 2.75) is 43.4 Å². The smallest absolute Gasteiger partial charge is 0.255 e. The molecule has 142 valence electrons. The normalized spacial score (nSPS) is 17.5. The molecule has 4 rings (SSSR count). The number of aryl methyl sites for hydroxylation is 2. The second-order valence-corrected chi connectivity index (χ2v) is 9.22. The third-order valence-corrected chi connectivity index (χ3v) is 7.34. The van der Waals surface area contributed by atoms with Crippen molar-refractivity contribution >= 4 is 21.6 Å². The summed E-state index contributed by atoms with van der Waals surface area (Å²) < 4.78 is 26.7. The molecule has 6 heteroatoms. The number of hydrogen-bond acceptors (Lipinski definition) is 3. The first kappa shape index (κ1) is 18.2. The number of sulfonamides is 1. The molecule has 2 aromatic rings. The van der Waals surface area contributed by atoms with E-state index in [4.69, 9.17) is 0 Å². The maximum Gasteiger partial charge on any atom is 0.255 e. The summed E-state index contributed by atoms with van der Waals surface area (Å²) in [6.07, 6.45) is 6.32. The summed E-state index contributed by atoms with van der Waals surface area (Å²) in [7, 11) is -3.43. The summed E-state index contributed by atoms with van der Waals surface area (Å²) in [6, 6.07) is 12.3. The second-order valence-electron chi connectivity index (χ2n) is 7.28. The highest BCUT2D eigenvalue weighted by Crippen LogP contribution is 2.24. The summed E-state index contributed by atoms with van der Waals surface area (Å²) in [5.74, 6) is -0.168. The van der Waals surface area contributed by atoms with Crippen molar-refractivity contribution in [1.29, 1.82) is 0 Å². The molecule has 2 aliphatic rings. The van der Waals surface area contributed by atoms with Gasteiger partial charge in [-0.15, -0.1) is 0 Å². The molecule has 1 aliphatic carbocycles. The average Bonchev–Trinajstić information content (AvgIpc) is 3.24. The van der Waals surface area contributed by atoms with Crippen molar-refractivity contribution in [2.24, 2.45) is 0 Å². The van der Waals surface area contributed by atoms with E-state index >= 15 is 0 Å². The van der Waals surface area contributed by atoms with Gasteiger partial charge in [0.25, 0.3) is 5.91 Å². The molecule has 0 unspecified atom stereocenters. The molecule has 1 amide bonds. The van der Waals surface area contributed by atoms with Crippen LogP contribution in [0.3, 0.4) is 0 Å². The zero-order valence-electron chi connectivity index (χ0n) is 15.3. The fraction of sp³-hybridized carbons (Fsp3) is 0.381. The first-order chi connectivity index (χ1) is 13.0. The molecular formula is C21H24N2O3S. The van der Waals surface area contributed by atoms with Gasteiger partial charge in [-0.25, -0.2) is 8.42 Å². The number of anilines is 1. The lowest BCUT2D eigenvalue weighted by Crippen LogP contribution is -2.27. The van der Waals surface area contributed by atoms with Crippen LogP contribution in [0.4, 0.5) is 5.69 Å². The minimum Gasteiger partial charge on any atom is -0.322 e. The van der Waals surface area contributed by atoms with Gasteiger partial charge in [-0.2, -0.15) is 4.31 Å². The summed E-state index contributed by atoms with van der Waals surface area (Å²) in [4.78, 5) is 12.8. The summed E-state index contributed by atoms with van der Waals surface area (Å²) in [6.45, 7) is 1.16. The van der Waals surface area contributed by atoms with Crippen molar-refractivity contribution in [3.05, 3.63) is 59.2 Å². The second kappa shape index (κ2) is 7.44. The van der Waals surface area contributed by atoms with E-state index in [1.54, 1.807) is 24.3 Å². The number of benzene rings is 2. The van der Waals surface area contributed by atoms with Crippen LogP contribution in [0.25, 0.3) is 0 Å². The number of nitrogens with zero attached hydrogens (tertiary/aromatic N) is 1. The number of amides is 1. The molecular weight excluding hydrogens is 360 g/mol. The lowest BCUT2D eigenvalue weighted by molar-refractivity contribution is 0.102. The summed E-state index contributed by atoms with van der Waals surface area (Å²) in [5.41, 5.74) is 3.85. The van der Waals surface area contributed by atoms with Crippen molar-refractivity contribution in [3.63, 3.8) is 0 Å². The number of carbonyl (C=O) groups excluding carboxylic acids is 1. The Morgan fingerprint density at radius 2 is 1.52 bits per heavy atom. The van der Waals surface area contributed by atoms with Gasteiger partial charge < -0.3 is 5.32 Å². The Hall–Kier alpha value is -2.18. The highest BCUT2D eigenvalue weighted by Gasteiger charge is 2.27. The third-order valence-electron chi connectivity index (χ3n) is 5.43. The van der Waals surface area contributed by atoms with Crippen LogP contribution in [0, 0.1) is 0 Å². The molecule has 1 saturated heterocycles. The molecule has 0 bridgehead atoms. The zero-order chi connectivity index (χ0) is 18.9. The Morgan fingerprint density at radius 3 is 2.22 bits per heavy atom. The lowest BCUT2D eigenvalue weighted by Gasteiger charge is -2.17. The highest BCUT2D eigenvalue weighted by molar-refractivity contribution is 7.89. The van der Waals surface area contributed by atoms with Crippen molar-refractivity contribution in [1.82, 2.24) is 4.31 Å². The predicted octanol–water partition coefficient (Wildman–Crippen LogP) is 3.60. The van der Waals surface area contributed by atoms with E-state index in [2.05, 4.69) is 11.4 Å². The minimum atomic E-state index is -3.43. The molecule has 5 nitrogen and oxygen atoms in total. The minimum absolute atomic E-state index is 0.168. The topological polar surface area (TPSA) is 66.5 Å². The average molecular weight is 385 g/mol. The van der Waals surface area contributed by atoms with Crippen LogP contribution in [0.1, 0.15) is 47.2 Å². The summed E-state index contributed by atoms with van der Waals surface area (Å²) in [5, 5.41) is 2.87. The Morgan fingerprint density at radius 1 is 0.852 bits per heavy atom. The van der Waals surface area contributed by atoms with Gasteiger partial charge in [0, 0.05) is 24.3 Å². The predicted molar refractivity (Wildman–Crippen MR) is 105 cm³/mol. The molecule has 0 saturated carbocycles. The van der Waals surface area contributed by atoms with E-state index in [1.807, 2.05) is 12.1 Å². The van der Waals surface area contributed by atoms with Gasteiger partial charge in [0.1, 0.15) is 0 Å². The fourth-order valence-electron chi connectivity index (χ4n) is 3.87. The number of hydrogen-bond donors (Lipinski definition) is 1. The van der Waals surface area contributed by atoms with Crippen molar-refractivity contribution in [2.75, 3.05) is 18.4 Å². The molecule has 0 aromatic heterocycles. The Bertz CT molecular complexity index is 946.